The Morgan fingerprint density at radius 1 is 1.44 bits per heavy atom. The Balaban J connectivity index is 2.35. The molecule has 0 amide bonds. The SMILES string of the molecule is CCn1nccc1C(=O)c1ccc(N)cn1. The highest BCUT2D eigenvalue weighted by Gasteiger charge is 2.14. The molecule has 0 unspecified atom stereocenters. The molecule has 0 radical (unpaired) electrons. The summed E-state index contributed by atoms with van der Waals surface area (Å²) >= 11 is 0. The van der Waals surface area contributed by atoms with Crippen molar-refractivity contribution in [2.24, 2.45) is 0 Å². The number of ketones is 1. The van der Waals surface area contributed by atoms with Gasteiger partial charge in [-0.15, -0.1) is 0 Å². The number of anilines is 1. The molecule has 5 heteroatoms. The summed E-state index contributed by atoms with van der Waals surface area (Å²) in [5, 5.41) is 4.04. The predicted octanol–water partition coefficient (Wildman–Crippen LogP) is 1.11. The normalized spacial score (nSPS) is 10.3. The molecule has 0 aliphatic heterocycles. The van der Waals surface area contributed by atoms with Gasteiger partial charge in [0, 0.05) is 12.7 Å². The van der Waals surface area contributed by atoms with Crippen molar-refractivity contribution in [3.8, 4) is 0 Å². The van der Waals surface area contributed by atoms with Gasteiger partial charge in [-0.05, 0) is 25.1 Å². The number of nitrogens with two attached hydrogens (primary N) is 1. The minimum Gasteiger partial charge on any atom is -0.397 e. The summed E-state index contributed by atoms with van der Waals surface area (Å²) in [5.41, 5.74) is 6.97. The first-order chi connectivity index (χ1) is 7.72. The van der Waals surface area contributed by atoms with Crippen molar-refractivity contribution in [2.75, 3.05) is 5.73 Å². The zero-order chi connectivity index (χ0) is 11.5. The topological polar surface area (TPSA) is 73.8 Å². The van der Waals surface area contributed by atoms with Crippen LogP contribution in [0.25, 0.3) is 0 Å². The van der Waals surface area contributed by atoms with Crippen molar-refractivity contribution in [3.63, 3.8) is 0 Å². The van der Waals surface area contributed by atoms with E-state index in [1.165, 1.54) is 6.20 Å². The maximum absolute atomic E-state index is 12.0. The van der Waals surface area contributed by atoms with Crippen LogP contribution in [0.15, 0.2) is 30.6 Å². The fourth-order valence-electron chi connectivity index (χ4n) is 1.45. The lowest BCUT2D eigenvalue weighted by molar-refractivity contribution is 0.102. The van der Waals surface area contributed by atoms with Crippen LogP contribution in [0, 0.1) is 0 Å². The van der Waals surface area contributed by atoms with E-state index < -0.39 is 0 Å². The first kappa shape index (κ1) is 10.4. The second-order valence-corrected chi connectivity index (χ2v) is 3.34. The van der Waals surface area contributed by atoms with E-state index in [0.29, 0.717) is 23.6 Å². The largest absolute Gasteiger partial charge is 0.397 e. The molecular formula is C11H12N4O. The summed E-state index contributed by atoms with van der Waals surface area (Å²) in [6, 6.07) is 4.96. The molecule has 0 fully saturated rings. The molecule has 0 aliphatic rings. The van der Waals surface area contributed by atoms with Gasteiger partial charge < -0.3 is 5.73 Å². The molecule has 0 spiro atoms. The van der Waals surface area contributed by atoms with Crippen molar-refractivity contribution in [1.82, 2.24) is 14.8 Å². The van der Waals surface area contributed by atoms with Gasteiger partial charge in [0.05, 0.1) is 11.9 Å². The van der Waals surface area contributed by atoms with Gasteiger partial charge >= 0.3 is 0 Å². The first-order valence-electron chi connectivity index (χ1n) is 5.00. The number of nitrogen functional groups attached to an aromatic ring is 1. The molecule has 82 valence electrons. The Kier molecular flexibility index (Phi) is 2.68. The average molecular weight is 216 g/mol. The second-order valence-electron chi connectivity index (χ2n) is 3.34. The number of nitrogens with zero attached hydrogens (tertiary/aromatic N) is 3. The molecule has 5 nitrogen and oxygen atoms in total. The Morgan fingerprint density at radius 3 is 2.88 bits per heavy atom. The zero-order valence-electron chi connectivity index (χ0n) is 8.92. The molecule has 16 heavy (non-hydrogen) atoms. The van der Waals surface area contributed by atoms with E-state index in [1.54, 1.807) is 29.1 Å². The lowest BCUT2D eigenvalue weighted by Crippen LogP contribution is -2.11. The van der Waals surface area contributed by atoms with Crippen LogP contribution in [0.4, 0.5) is 5.69 Å². The number of hydrogen-bond donors (Lipinski definition) is 1. The minimum atomic E-state index is -0.139. The van der Waals surface area contributed by atoms with Crippen molar-refractivity contribution >= 4 is 11.5 Å². The number of hydrogen-bond acceptors (Lipinski definition) is 4. The highest BCUT2D eigenvalue weighted by molar-refractivity contribution is 6.06. The van der Waals surface area contributed by atoms with E-state index in [1.807, 2.05) is 6.92 Å². The van der Waals surface area contributed by atoms with Crippen LogP contribution in [0.1, 0.15) is 23.1 Å². The predicted molar refractivity (Wildman–Crippen MR) is 60.0 cm³/mol. The third kappa shape index (κ3) is 1.79. The molecular weight excluding hydrogens is 204 g/mol. The number of carbonyl (C=O) groups is 1. The third-order valence-corrected chi connectivity index (χ3v) is 2.27. The minimum absolute atomic E-state index is 0.139. The van der Waals surface area contributed by atoms with Gasteiger partial charge in [0.15, 0.2) is 0 Å². The van der Waals surface area contributed by atoms with Crippen molar-refractivity contribution in [2.45, 2.75) is 13.5 Å². The van der Waals surface area contributed by atoms with Crippen molar-refractivity contribution in [3.05, 3.63) is 42.0 Å². The van der Waals surface area contributed by atoms with E-state index in [4.69, 9.17) is 5.73 Å². The Labute approximate surface area is 92.9 Å². The molecule has 0 atom stereocenters. The number of aromatic nitrogens is 3. The maximum Gasteiger partial charge on any atom is 0.229 e. The lowest BCUT2D eigenvalue weighted by atomic mass is 10.2. The molecule has 2 aromatic heterocycles. The Bertz CT molecular complexity index is 501. The maximum atomic E-state index is 12.0. The molecule has 2 N–H and O–H groups in total. The highest BCUT2D eigenvalue weighted by Crippen LogP contribution is 2.08. The van der Waals surface area contributed by atoms with Crippen LogP contribution < -0.4 is 5.73 Å². The Morgan fingerprint density at radius 2 is 2.25 bits per heavy atom. The highest BCUT2D eigenvalue weighted by atomic mass is 16.1. The van der Waals surface area contributed by atoms with Crippen molar-refractivity contribution in [1.29, 1.82) is 0 Å². The quantitative estimate of drug-likeness (QED) is 0.780. The standard InChI is InChI=1S/C11H12N4O/c1-2-15-10(5-6-14-15)11(16)9-4-3-8(12)7-13-9/h3-7H,2,12H2,1H3. The summed E-state index contributed by atoms with van der Waals surface area (Å²) in [6.45, 7) is 2.59. The van der Waals surface area contributed by atoms with Gasteiger partial charge in [-0.25, -0.2) is 0 Å². The fourth-order valence-corrected chi connectivity index (χ4v) is 1.45. The van der Waals surface area contributed by atoms with Crippen molar-refractivity contribution < 1.29 is 4.79 Å². The number of pyridine rings is 1. The van der Waals surface area contributed by atoms with Gasteiger partial charge in [-0.1, -0.05) is 0 Å². The number of rotatable bonds is 3. The summed E-state index contributed by atoms with van der Waals surface area (Å²) in [6.07, 6.45) is 3.08. The second kappa shape index (κ2) is 4.14. The number of aryl methyl sites for hydroxylation is 1. The van der Waals surface area contributed by atoms with Gasteiger partial charge in [-0.2, -0.15) is 5.10 Å². The summed E-state index contributed by atoms with van der Waals surface area (Å²) in [7, 11) is 0. The lowest BCUT2D eigenvalue weighted by Gasteiger charge is -2.03. The van der Waals surface area contributed by atoms with E-state index in [9.17, 15) is 4.79 Å². The third-order valence-electron chi connectivity index (χ3n) is 2.27. The number of carbonyl (C=O) groups excluding carboxylic acids is 1. The molecule has 0 bridgehead atoms. The molecule has 0 saturated carbocycles. The van der Waals surface area contributed by atoms with Crippen LogP contribution in [0.2, 0.25) is 0 Å². The Hall–Kier alpha value is -2.17. The van der Waals surface area contributed by atoms with Crippen LogP contribution >= 0.6 is 0 Å². The van der Waals surface area contributed by atoms with E-state index in [-0.39, 0.29) is 5.78 Å². The molecule has 0 aliphatic carbocycles. The van der Waals surface area contributed by atoms with Crippen LogP contribution in [0.5, 0.6) is 0 Å². The van der Waals surface area contributed by atoms with Crippen LogP contribution in [-0.4, -0.2) is 20.5 Å². The fraction of sp³-hybridized carbons (Fsp3) is 0.182. The molecule has 2 heterocycles. The molecule has 2 aromatic rings. The summed E-state index contributed by atoms with van der Waals surface area (Å²) < 4.78 is 1.64. The smallest absolute Gasteiger partial charge is 0.229 e. The summed E-state index contributed by atoms with van der Waals surface area (Å²) in [5.74, 6) is -0.139. The molecule has 0 aromatic carbocycles. The van der Waals surface area contributed by atoms with Crippen LogP contribution in [0.3, 0.4) is 0 Å². The molecule has 2 rings (SSSR count). The zero-order valence-corrected chi connectivity index (χ0v) is 8.92. The van der Waals surface area contributed by atoms with Gasteiger partial charge in [0.2, 0.25) is 5.78 Å². The van der Waals surface area contributed by atoms with Gasteiger partial charge in [0.25, 0.3) is 0 Å². The van der Waals surface area contributed by atoms with Gasteiger partial charge in [-0.3, -0.25) is 14.5 Å². The van der Waals surface area contributed by atoms with E-state index >= 15 is 0 Å². The monoisotopic (exact) mass is 216 g/mol. The van der Waals surface area contributed by atoms with E-state index in [2.05, 4.69) is 10.1 Å². The first-order valence-corrected chi connectivity index (χ1v) is 5.00. The van der Waals surface area contributed by atoms with Crippen LogP contribution in [-0.2, 0) is 6.54 Å². The van der Waals surface area contributed by atoms with Gasteiger partial charge in [0.1, 0.15) is 11.4 Å². The average Bonchev–Trinajstić information content (AvgIpc) is 2.77. The van der Waals surface area contributed by atoms with E-state index in [0.717, 1.165) is 0 Å². The summed E-state index contributed by atoms with van der Waals surface area (Å²) in [4.78, 5) is 16.0. The molecule has 0 saturated heterocycles.